The highest BCUT2D eigenvalue weighted by molar-refractivity contribution is 14.0. The average molecular weight is 498 g/mol. The van der Waals surface area contributed by atoms with Gasteiger partial charge in [0.1, 0.15) is 0 Å². The fourth-order valence-corrected chi connectivity index (χ4v) is 3.08. The number of nitrogens with zero attached hydrogens (tertiary/aromatic N) is 2. The summed E-state index contributed by atoms with van der Waals surface area (Å²) in [6.45, 7) is 12.7. The lowest BCUT2D eigenvalue weighted by Gasteiger charge is -2.25. The lowest BCUT2D eigenvalue weighted by atomic mass is 10.0. The molecule has 1 saturated heterocycles. The van der Waals surface area contributed by atoms with Gasteiger partial charge in [0.25, 0.3) is 0 Å². The van der Waals surface area contributed by atoms with Gasteiger partial charge in [0.2, 0.25) is 0 Å². The Morgan fingerprint density at radius 2 is 1.93 bits per heavy atom. The second kappa shape index (κ2) is 16.8. The number of rotatable bonds is 12. The summed E-state index contributed by atoms with van der Waals surface area (Å²) >= 11 is 0. The van der Waals surface area contributed by atoms with Crippen LogP contribution in [0, 0.1) is 11.8 Å². The van der Waals surface area contributed by atoms with E-state index in [9.17, 15) is 0 Å². The van der Waals surface area contributed by atoms with Crippen LogP contribution >= 0.6 is 24.0 Å². The molecule has 2 N–H and O–H groups in total. The maximum absolute atomic E-state index is 5.83. The summed E-state index contributed by atoms with van der Waals surface area (Å²) in [6, 6.07) is 0.480. The van der Waals surface area contributed by atoms with E-state index in [0.29, 0.717) is 17.9 Å². The Morgan fingerprint density at radius 1 is 1.22 bits per heavy atom. The number of nitrogens with one attached hydrogen (secondary N) is 2. The first-order valence-corrected chi connectivity index (χ1v) is 10.4. The highest BCUT2D eigenvalue weighted by atomic mass is 127. The molecule has 1 fully saturated rings. The Bertz CT molecular complexity index is 375. The molecular formula is C20H43IN4O2. The molecule has 1 rings (SSSR count). The van der Waals surface area contributed by atoms with E-state index in [0.717, 1.165) is 77.7 Å². The summed E-state index contributed by atoms with van der Waals surface area (Å²) in [7, 11) is 4.28. The molecule has 1 aliphatic heterocycles. The van der Waals surface area contributed by atoms with Crippen LogP contribution in [-0.4, -0.2) is 77.1 Å². The molecule has 0 radical (unpaired) electrons. The van der Waals surface area contributed by atoms with Crippen molar-refractivity contribution in [1.29, 1.82) is 0 Å². The highest BCUT2D eigenvalue weighted by Gasteiger charge is 2.14. The van der Waals surface area contributed by atoms with Gasteiger partial charge in [0.05, 0.1) is 6.54 Å². The fourth-order valence-electron chi connectivity index (χ4n) is 3.08. The fraction of sp³-hybridized carbons (Fsp3) is 0.950. The number of ether oxygens (including phenoxy) is 2. The molecule has 0 aliphatic carbocycles. The van der Waals surface area contributed by atoms with Crippen LogP contribution in [0.4, 0.5) is 0 Å². The predicted molar refractivity (Wildman–Crippen MR) is 125 cm³/mol. The average Bonchev–Trinajstić information content (AvgIpc) is 2.61. The number of likely N-dealkylation sites (N-methyl/N-ethyl adjacent to an activating group) is 1. The summed E-state index contributed by atoms with van der Waals surface area (Å²) in [5, 5.41) is 6.77. The van der Waals surface area contributed by atoms with Crippen molar-refractivity contribution in [1.82, 2.24) is 15.5 Å². The molecule has 1 heterocycles. The highest BCUT2D eigenvalue weighted by Crippen LogP contribution is 2.14. The molecule has 162 valence electrons. The van der Waals surface area contributed by atoms with Crippen LogP contribution in [0.2, 0.25) is 0 Å². The van der Waals surface area contributed by atoms with Gasteiger partial charge in [-0.1, -0.05) is 13.8 Å². The molecule has 0 aromatic carbocycles. The SMILES string of the molecule is CCNC(=NCC(CC(C)C)N(C)C)NCCCOCC1CCOCC1.I. The predicted octanol–water partition coefficient (Wildman–Crippen LogP) is 2.97. The third kappa shape index (κ3) is 13.7. The van der Waals surface area contributed by atoms with Gasteiger partial charge in [-0.2, -0.15) is 0 Å². The molecule has 1 atom stereocenters. The van der Waals surface area contributed by atoms with E-state index in [1.54, 1.807) is 0 Å². The minimum atomic E-state index is 0. The summed E-state index contributed by atoms with van der Waals surface area (Å²) in [5.41, 5.74) is 0. The van der Waals surface area contributed by atoms with Gasteiger partial charge in [-0.25, -0.2) is 0 Å². The standard InChI is InChI=1S/C20H42N4O2.HI/c1-6-21-20(23-15-19(24(4)5)14-17(2)3)22-10-7-11-26-16-18-8-12-25-13-9-18;/h17-19H,6-16H2,1-5H3,(H2,21,22,23);1H. The molecule has 0 aromatic heterocycles. The van der Waals surface area contributed by atoms with Crippen LogP contribution in [0.15, 0.2) is 4.99 Å². The van der Waals surface area contributed by atoms with Gasteiger partial charge in [0, 0.05) is 45.6 Å². The lowest BCUT2D eigenvalue weighted by molar-refractivity contribution is 0.0203. The molecule has 1 aliphatic rings. The Kier molecular flexibility index (Phi) is 16.7. The molecular weight excluding hydrogens is 455 g/mol. The number of hydrogen-bond acceptors (Lipinski definition) is 4. The zero-order valence-corrected chi connectivity index (χ0v) is 20.5. The number of hydrogen-bond donors (Lipinski definition) is 2. The second-order valence-electron chi connectivity index (χ2n) is 7.88. The molecule has 0 bridgehead atoms. The Morgan fingerprint density at radius 3 is 2.52 bits per heavy atom. The Hall–Kier alpha value is -0.120. The van der Waals surface area contributed by atoms with Crippen LogP contribution in [0.5, 0.6) is 0 Å². The van der Waals surface area contributed by atoms with Gasteiger partial charge in [-0.15, -0.1) is 24.0 Å². The number of guanidine groups is 1. The van der Waals surface area contributed by atoms with Crippen molar-refractivity contribution in [2.45, 2.75) is 52.5 Å². The third-order valence-electron chi connectivity index (χ3n) is 4.73. The largest absolute Gasteiger partial charge is 0.381 e. The first-order chi connectivity index (χ1) is 12.5. The van der Waals surface area contributed by atoms with Gasteiger partial charge in [-0.05, 0) is 58.5 Å². The monoisotopic (exact) mass is 498 g/mol. The van der Waals surface area contributed by atoms with Crippen molar-refractivity contribution in [3.8, 4) is 0 Å². The number of aliphatic imine (C=N–C) groups is 1. The lowest BCUT2D eigenvalue weighted by Crippen LogP contribution is -2.40. The van der Waals surface area contributed by atoms with E-state index < -0.39 is 0 Å². The summed E-state index contributed by atoms with van der Waals surface area (Å²) in [4.78, 5) is 7.05. The molecule has 7 heteroatoms. The van der Waals surface area contributed by atoms with Crippen LogP contribution in [0.1, 0.15) is 46.5 Å². The zero-order valence-electron chi connectivity index (χ0n) is 18.1. The molecule has 6 nitrogen and oxygen atoms in total. The minimum Gasteiger partial charge on any atom is -0.381 e. The Balaban J connectivity index is 0.00000676. The quantitative estimate of drug-likeness (QED) is 0.188. The van der Waals surface area contributed by atoms with Crippen LogP contribution in [0.3, 0.4) is 0 Å². The molecule has 0 saturated carbocycles. The van der Waals surface area contributed by atoms with Crippen molar-refractivity contribution < 1.29 is 9.47 Å². The molecule has 0 spiro atoms. The maximum atomic E-state index is 5.83. The van der Waals surface area contributed by atoms with Gasteiger partial charge in [-0.3, -0.25) is 4.99 Å². The van der Waals surface area contributed by atoms with Crippen LogP contribution < -0.4 is 10.6 Å². The smallest absolute Gasteiger partial charge is 0.191 e. The first kappa shape index (κ1) is 26.9. The van der Waals surface area contributed by atoms with Gasteiger partial charge < -0.3 is 25.0 Å². The summed E-state index contributed by atoms with van der Waals surface area (Å²) in [5.74, 6) is 2.27. The second-order valence-corrected chi connectivity index (χ2v) is 7.88. The maximum Gasteiger partial charge on any atom is 0.191 e. The summed E-state index contributed by atoms with van der Waals surface area (Å²) < 4.78 is 11.2. The van der Waals surface area contributed by atoms with E-state index >= 15 is 0 Å². The normalized spacial score (nSPS) is 17.1. The topological polar surface area (TPSA) is 58.1 Å². The minimum absolute atomic E-state index is 0. The van der Waals surface area contributed by atoms with Crippen LogP contribution in [0.25, 0.3) is 0 Å². The Labute approximate surface area is 184 Å². The molecule has 0 amide bonds. The molecule has 27 heavy (non-hydrogen) atoms. The third-order valence-corrected chi connectivity index (χ3v) is 4.73. The van der Waals surface area contributed by atoms with E-state index in [1.165, 1.54) is 0 Å². The van der Waals surface area contributed by atoms with Crippen molar-refractivity contribution in [2.75, 3.05) is 60.2 Å². The van der Waals surface area contributed by atoms with E-state index in [2.05, 4.69) is 50.4 Å². The van der Waals surface area contributed by atoms with Crippen molar-refractivity contribution in [3.05, 3.63) is 0 Å². The van der Waals surface area contributed by atoms with E-state index in [1.807, 2.05) is 0 Å². The van der Waals surface area contributed by atoms with Gasteiger partial charge >= 0.3 is 0 Å². The molecule has 1 unspecified atom stereocenters. The zero-order chi connectivity index (χ0) is 19.2. The van der Waals surface area contributed by atoms with Crippen molar-refractivity contribution in [3.63, 3.8) is 0 Å². The van der Waals surface area contributed by atoms with Crippen molar-refractivity contribution >= 4 is 29.9 Å². The van der Waals surface area contributed by atoms with Gasteiger partial charge in [0.15, 0.2) is 5.96 Å². The van der Waals surface area contributed by atoms with Crippen molar-refractivity contribution in [2.24, 2.45) is 16.8 Å². The first-order valence-electron chi connectivity index (χ1n) is 10.4. The van der Waals surface area contributed by atoms with E-state index in [-0.39, 0.29) is 24.0 Å². The van der Waals surface area contributed by atoms with Crippen LogP contribution in [-0.2, 0) is 9.47 Å². The molecule has 0 aromatic rings. The number of halogens is 1. The van der Waals surface area contributed by atoms with E-state index in [4.69, 9.17) is 14.5 Å². The summed E-state index contributed by atoms with van der Waals surface area (Å²) in [6.07, 6.45) is 4.43.